The highest BCUT2D eigenvalue weighted by Crippen LogP contribution is 2.31. The van der Waals surface area contributed by atoms with E-state index in [0.29, 0.717) is 11.4 Å². The summed E-state index contributed by atoms with van der Waals surface area (Å²) in [6.07, 6.45) is 0.296. The Hall–Kier alpha value is -4.11. The molecule has 0 radical (unpaired) electrons. The molecule has 0 bridgehead atoms. The molecule has 0 aliphatic heterocycles. The predicted molar refractivity (Wildman–Crippen MR) is 144 cm³/mol. The van der Waals surface area contributed by atoms with Crippen molar-refractivity contribution in [3.63, 3.8) is 0 Å². The number of nitro benzene ring substituents is 1. The molecule has 1 atom stereocenters. The minimum Gasteiger partial charge on any atom is -0.490 e. The molecular formula is C28H30ClN3O6. The molecule has 38 heavy (non-hydrogen) atoms. The molecule has 0 aromatic heterocycles. The van der Waals surface area contributed by atoms with Crippen LogP contribution in [-0.4, -0.2) is 47.4 Å². The van der Waals surface area contributed by atoms with Crippen molar-refractivity contribution in [3.05, 3.63) is 99.1 Å². The number of amides is 2. The maximum Gasteiger partial charge on any atom is 0.311 e. The Morgan fingerprint density at radius 1 is 1.03 bits per heavy atom. The van der Waals surface area contributed by atoms with Crippen molar-refractivity contribution in [1.82, 2.24) is 10.2 Å². The lowest BCUT2D eigenvalue weighted by atomic mass is 10.0. The molecular weight excluding hydrogens is 510 g/mol. The number of halogens is 1. The first kappa shape index (κ1) is 28.5. The molecule has 200 valence electrons. The summed E-state index contributed by atoms with van der Waals surface area (Å²) in [6.45, 7) is 3.46. The summed E-state index contributed by atoms with van der Waals surface area (Å²) in [5.74, 6) is -0.491. The van der Waals surface area contributed by atoms with Crippen molar-refractivity contribution in [2.24, 2.45) is 0 Å². The third-order valence-electron chi connectivity index (χ3n) is 5.68. The van der Waals surface area contributed by atoms with Gasteiger partial charge >= 0.3 is 5.69 Å². The molecule has 0 aliphatic carbocycles. The van der Waals surface area contributed by atoms with Crippen molar-refractivity contribution in [2.75, 3.05) is 13.7 Å². The van der Waals surface area contributed by atoms with E-state index in [-0.39, 0.29) is 35.7 Å². The van der Waals surface area contributed by atoms with Gasteiger partial charge in [-0.05, 0) is 43.2 Å². The van der Waals surface area contributed by atoms with Crippen LogP contribution in [0.2, 0.25) is 5.02 Å². The van der Waals surface area contributed by atoms with Crippen molar-refractivity contribution in [3.8, 4) is 11.5 Å². The fraction of sp³-hybridized carbons (Fsp3) is 0.286. The van der Waals surface area contributed by atoms with Gasteiger partial charge in [0.1, 0.15) is 11.8 Å². The number of hydrogen-bond acceptors (Lipinski definition) is 6. The molecule has 3 rings (SSSR count). The molecule has 2 amide bonds. The van der Waals surface area contributed by atoms with Crippen molar-refractivity contribution < 1.29 is 24.0 Å². The summed E-state index contributed by atoms with van der Waals surface area (Å²) < 4.78 is 10.8. The van der Waals surface area contributed by atoms with Crippen molar-refractivity contribution in [2.45, 2.75) is 38.9 Å². The van der Waals surface area contributed by atoms with Crippen molar-refractivity contribution >= 4 is 29.1 Å². The molecule has 10 heteroatoms. The summed E-state index contributed by atoms with van der Waals surface area (Å²) >= 11 is 6.04. The average Bonchev–Trinajstić information content (AvgIpc) is 2.90. The number of carbonyl (C=O) groups is 2. The Balaban J connectivity index is 1.90. The maximum absolute atomic E-state index is 13.6. The van der Waals surface area contributed by atoms with Gasteiger partial charge in [-0.3, -0.25) is 19.7 Å². The quantitative estimate of drug-likeness (QED) is 0.261. The van der Waals surface area contributed by atoms with Crippen LogP contribution in [0.15, 0.2) is 72.8 Å². The van der Waals surface area contributed by atoms with E-state index in [0.717, 1.165) is 11.1 Å². The van der Waals surface area contributed by atoms with E-state index < -0.39 is 23.5 Å². The second-order valence-corrected chi connectivity index (χ2v) is 9.33. The largest absolute Gasteiger partial charge is 0.490 e. The van der Waals surface area contributed by atoms with Gasteiger partial charge in [-0.2, -0.15) is 0 Å². The SMILES string of the molecule is COc1cc(OCC(=O)N(Cc2ccc(Cl)cc2)[C@@H](Cc2ccccc2)C(=O)NC(C)C)ccc1[N+](=O)[O-]. The standard InChI is InChI=1S/C28H30ClN3O6/c1-19(2)30-28(34)25(15-20-7-5-4-6-8-20)31(17-21-9-11-22(29)12-10-21)27(33)18-38-23-13-14-24(32(35)36)26(16-23)37-3/h4-14,16,19,25H,15,17-18H2,1-3H3,(H,30,34)/t25-/m0/s1. The first-order chi connectivity index (χ1) is 18.2. The van der Waals surface area contributed by atoms with Gasteiger partial charge in [0.05, 0.1) is 12.0 Å². The fourth-order valence-electron chi connectivity index (χ4n) is 3.85. The third-order valence-corrected chi connectivity index (χ3v) is 5.93. The van der Waals surface area contributed by atoms with Gasteiger partial charge in [-0.1, -0.05) is 54.1 Å². The smallest absolute Gasteiger partial charge is 0.311 e. The summed E-state index contributed by atoms with van der Waals surface area (Å²) in [5.41, 5.74) is 1.46. The van der Waals surface area contributed by atoms with E-state index >= 15 is 0 Å². The van der Waals surface area contributed by atoms with Crippen LogP contribution < -0.4 is 14.8 Å². The minimum atomic E-state index is -0.821. The lowest BCUT2D eigenvalue weighted by Gasteiger charge is -2.32. The van der Waals surface area contributed by atoms with Gasteiger partial charge in [0.15, 0.2) is 6.61 Å². The average molecular weight is 540 g/mol. The second-order valence-electron chi connectivity index (χ2n) is 8.90. The lowest BCUT2D eigenvalue weighted by Crippen LogP contribution is -2.52. The molecule has 0 fully saturated rings. The fourth-order valence-corrected chi connectivity index (χ4v) is 3.97. The Labute approximate surface area is 226 Å². The molecule has 0 unspecified atom stereocenters. The van der Waals surface area contributed by atoms with Gasteiger partial charge < -0.3 is 19.7 Å². The highest BCUT2D eigenvalue weighted by Gasteiger charge is 2.31. The van der Waals surface area contributed by atoms with Gasteiger partial charge in [0.25, 0.3) is 5.91 Å². The zero-order chi connectivity index (χ0) is 27.7. The summed E-state index contributed by atoms with van der Waals surface area (Å²) in [6, 6.07) is 19.5. The Kier molecular flexibility index (Phi) is 10.1. The van der Waals surface area contributed by atoms with Gasteiger partial charge in [-0.25, -0.2) is 0 Å². The number of ether oxygens (including phenoxy) is 2. The maximum atomic E-state index is 13.6. The van der Waals surface area contributed by atoms with Crippen LogP contribution in [0.25, 0.3) is 0 Å². The topological polar surface area (TPSA) is 111 Å². The van der Waals surface area contributed by atoms with Gasteiger partial charge in [0, 0.05) is 36.2 Å². The summed E-state index contributed by atoms with van der Waals surface area (Å²) in [4.78, 5) is 39.1. The number of rotatable bonds is 12. The van der Waals surface area contributed by atoms with Crippen LogP contribution in [-0.2, 0) is 22.6 Å². The molecule has 9 nitrogen and oxygen atoms in total. The number of nitrogens with zero attached hydrogens (tertiary/aromatic N) is 2. The Morgan fingerprint density at radius 3 is 2.32 bits per heavy atom. The molecule has 0 aliphatic rings. The normalized spacial score (nSPS) is 11.5. The summed E-state index contributed by atoms with van der Waals surface area (Å²) in [7, 11) is 1.31. The van der Waals surface area contributed by atoms with E-state index in [9.17, 15) is 19.7 Å². The monoisotopic (exact) mass is 539 g/mol. The third kappa shape index (κ3) is 7.94. The van der Waals surface area contributed by atoms with Crippen LogP contribution in [0, 0.1) is 10.1 Å². The molecule has 0 spiro atoms. The highest BCUT2D eigenvalue weighted by molar-refractivity contribution is 6.30. The van der Waals surface area contributed by atoms with E-state index in [1.54, 1.807) is 24.3 Å². The minimum absolute atomic E-state index is 0.0104. The van der Waals surface area contributed by atoms with E-state index in [2.05, 4.69) is 5.32 Å². The molecule has 1 N–H and O–H groups in total. The van der Waals surface area contributed by atoms with E-state index in [4.69, 9.17) is 21.1 Å². The molecule has 0 saturated carbocycles. The van der Waals surface area contributed by atoms with Crippen LogP contribution in [0.4, 0.5) is 5.69 Å². The first-order valence-electron chi connectivity index (χ1n) is 12.0. The number of benzene rings is 3. The Bertz CT molecular complexity index is 1250. The van der Waals surface area contributed by atoms with Gasteiger partial charge in [0.2, 0.25) is 11.7 Å². The second kappa shape index (κ2) is 13.4. The van der Waals surface area contributed by atoms with Crippen LogP contribution >= 0.6 is 11.6 Å². The van der Waals surface area contributed by atoms with Crippen LogP contribution in [0.5, 0.6) is 11.5 Å². The lowest BCUT2D eigenvalue weighted by molar-refractivity contribution is -0.385. The highest BCUT2D eigenvalue weighted by atomic mass is 35.5. The van der Waals surface area contributed by atoms with Crippen molar-refractivity contribution in [1.29, 1.82) is 0 Å². The number of nitrogens with one attached hydrogen (secondary N) is 1. The Morgan fingerprint density at radius 2 is 1.71 bits per heavy atom. The zero-order valence-electron chi connectivity index (χ0n) is 21.4. The number of methoxy groups -OCH3 is 1. The van der Waals surface area contributed by atoms with Gasteiger partial charge in [-0.15, -0.1) is 0 Å². The number of hydrogen-bond donors (Lipinski definition) is 1. The number of nitro groups is 1. The molecule has 3 aromatic rings. The van der Waals surface area contributed by atoms with Crippen LogP contribution in [0.1, 0.15) is 25.0 Å². The number of carbonyl (C=O) groups excluding carboxylic acids is 2. The van der Waals surface area contributed by atoms with E-state index in [1.165, 1.54) is 30.2 Å². The summed E-state index contributed by atoms with van der Waals surface area (Å²) in [5, 5.41) is 14.7. The zero-order valence-corrected chi connectivity index (χ0v) is 22.2. The molecule has 0 heterocycles. The van der Waals surface area contributed by atoms with Crippen LogP contribution in [0.3, 0.4) is 0 Å². The first-order valence-corrected chi connectivity index (χ1v) is 12.4. The van der Waals surface area contributed by atoms with E-state index in [1.807, 2.05) is 44.2 Å². The molecule has 0 saturated heterocycles. The predicted octanol–water partition coefficient (Wildman–Crippen LogP) is 4.80. The molecule has 3 aromatic carbocycles.